The molecule has 1 N–H and O–H groups in total. The Labute approximate surface area is 122 Å². The van der Waals surface area contributed by atoms with E-state index in [1.54, 1.807) is 12.1 Å². The van der Waals surface area contributed by atoms with Crippen molar-refractivity contribution < 1.29 is 9.18 Å². The van der Waals surface area contributed by atoms with Gasteiger partial charge in [0.25, 0.3) is 5.91 Å². The molecule has 6 heteroatoms. The summed E-state index contributed by atoms with van der Waals surface area (Å²) in [5.74, 6) is -1.01. The molecular weight excluding hydrogens is 335 g/mol. The molecule has 0 spiro atoms. The number of rotatable bonds is 2. The third-order valence-electron chi connectivity index (χ3n) is 2.42. The van der Waals surface area contributed by atoms with Crippen LogP contribution in [-0.4, -0.2) is 10.9 Å². The summed E-state index contributed by atoms with van der Waals surface area (Å²) in [7, 11) is 0. The lowest BCUT2D eigenvalue weighted by Gasteiger charge is -2.08. The van der Waals surface area contributed by atoms with E-state index in [0.29, 0.717) is 4.47 Å². The van der Waals surface area contributed by atoms with Gasteiger partial charge in [0.1, 0.15) is 11.0 Å². The van der Waals surface area contributed by atoms with Crippen molar-refractivity contribution in [2.24, 2.45) is 0 Å². The monoisotopic (exact) mass is 342 g/mol. The van der Waals surface area contributed by atoms with Gasteiger partial charge in [-0.2, -0.15) is 0 Å². The Bertz CT molecular complexity index is 649. The van der Waals surface area contributed by atoms with E-state index in [1.807, 2.05) is 6.92 Å². The van der Waals surface area contributed by atoms with Gasteiger partial charge < -0.3 is 5.32 Å². The van der Waals surface area contributed by atoms with Crippen LogP contribution in [0.4, 0.5) is 10.1 Å². The summed E-state index contributed by atoms with van der Waals surface area (Å²) in [4.78, 5) is 15.9. The number of aromatic nitrogens is 1. The Hall–Kier alpha value is -1.46. The smallest absolute Gasteiger partial charge is 0.258 e. The maximum absolute atomic E-state index is 13.6. The van der Waals surface area contributed by atoms with Crippen LogP contribution in [0.15, 0.2) is 34.9 Å². The minimum atomic E-state index is -0.511. The van der Waals surface area contributed by atoms with Gasteiger partial charge in [0.05, 0.1) is 11.3 Å². The molecule has 1 amide bonds. The molecule has 0 atom stereocenters. The minimum Gasteiger partial charge on any atom is -0.319 e. The first kappa shape index (κ1) is 14.0. The van der Waals surface area contributed by atoms with Gasteiger partial charge in [-0.05, 0) is 46.6 Å². The molecule has 0 aliphatic rings. The van der Waals surface area contributed by atoms with E-state index in [-0.39, 0.29) is 16.4 Å². The van der Waals surface area contributed by atoms with Gasteiger partial charge in [0, 0.05) is 10.7 Å². The first-order valence-electron chi connectivity index (χ1n) is 5.36. The molecular formula is C13H9BrClFN2O. The second kappa shape index (κ2) is 5.67. The quantitative estimate of drug-likeness (QED) is 0.831. The van der Waals surface area contributed by atoms with E-state index in [2.05, 4.69) is 26.2 Å². The Morgan fingerprint density at radius 1 is 1.42 bits per heavy atom. The number of amides is 1. The van der Waals surface area contributed by atoms with Gasteiger partial charge in [0.2, 0.25) is 0 Å². The van der Waals surface area contributed by atoms with Crippen LogP contribution >= 0.6 is 27.5 Å². The number of carbonyl (C=O) groups is 1. The molecule has 0 bridgehead atoms. The van der Waals surface area contributed by atoms with Gasteiger partial charge in [-0.25, -0.2) is 9.37 Å². The molecule has 0 unspecified atom stereocenters. The zero-order chi connectivity index (χ0) is 14.0. The summed E-state index contributed by atoms with van der Waals surface area (Å²) in [6.45, 7) is 1.81. The minimum absolute atomic E-state index is 0.0637. The third-order valence-corrected chi connectivity index (χ3v) is 3.16. The normalized spacial score (nSPS) is 10.3. The summed E-state index contributed by atoms with van der Waals surface area (Å²) in [6, 6.07) is 6.00. The van der Waals surface area contributed by atoms with Crippen molar-refractivity contribution >= 4 is 39.1 Å². The lowest BCUT2D eigenvalue weighted by atomic mass is 10.2. The van der Waals surface area contributed by atoms with Crippen molar-refractivity contribution in [1.29, 1.82) is 0 Å². The highest BCUT2D eigenvalue weighted by molar-refractivity contribution is 9.10. The van der Waals surface area contributed by atoms with Crippen LogP contribution in [0.1, 0.15) is 15.9 Å². The number of nitrogens with one attached hydrogen (secondary N) is 1. The lowest BCUT2D eigenvalue weighted by molar-refractivity contribution is 0.102. The molecule has 0 aliphatic carbocycles. The topological polar surface area (TPSA) is 42.0 Å². The largest absolute Gasteiger partial charge is 0.319 e. The van der Waals surface area contributed by atoms with E-state index in [0.717, 1.165) is 5.56 Å². The maximum atomic E-state index is 13.6. The summed E-state index contributed by atoms with van der Waals surface area (Å²) in [5.41, 5.74) is 1.13. The number of aryl methyl sites for hydroxylation is 1. The highest BCUT2D eigenvalue weighted by atomic mass is 79.9. The van der Waals surface area contributed by atoms with E-state index < -0.39 is 11.7 Å². The van der Waals surface area contributed by atoms with Crippen molar-refractivity contribution in [1.82, 2.24) is 4.98 Å². The highest BCUT2D eigenvalue weighted by Crippen LogP contribution is 2.21. The van der Waals surface area contributed by atoms with Crippen LogP contribution in [0, 0.1) is 12.7 Å². The van der Waals surface area contributed by atoms with Gasteiger partial charge in [-0.3, -0.25) is 4.79 Å². The number of anilines is 1. The van der Waals surface area contributed by atoms with Crippen LogP contribution in [0.5, 0.6) is 0 Å². The molecule has 3 nitrogen and oxygen atoms in total. The molecule has 0 radical (unpaired) electrons. The lowest BCUT2D eigenvalue weighted by Crippen LogP contribution is -2.14. The number of hydrogen-bond acceptors (Lipinski definition) is 2. The fraction of sp³-hybridized carbons (Fsp3) is 0.0769. The molecule has 1 heterocycles. The number of halogens is 3. The second-order valence-electron chi connectivity index (χ2n) is 3.93. The van der Waals surface area contributed by atoms with Crippen molar-refractivity contribution in [3.05, 3.63) is 57.0 Å². The van der Waals surface area contributed by atoms with Gasteiger partial charge in [-0.1, -0.05) is 17.7 Å². The number of nitrogens with zero attached hydrogens (tertiary/aromatic N) is 1. The Morgan fingerprint density at radius 3 is 2.89 bits per heavy atom. The molecule has 1 aromatic carbocycles. The molecule has 0 aliphatic heterocycles. The van der Waals surface area contributed by atoms with Crippen molar-refractivity contribution in [2.45, 2.75) is 6.92 Å². The van der Waals surface area contributed by atoms with Crippen LogP contribution in [0.3, 0.4) is 0 Å². The SMILES string of the molecule is Cc1ccc(F)c(NC(=O)c2cc(Br)cnc2Cl)c1. The zero-order valence-electron chi connectivity index (χ0n) is 9.88. The van der Waals surface area contributed by atoms with Crippen LogP contribution in [0.25, 0.3) is 0 Å². The summed E-state index contributed by atoms with van der Waals surface area (Å²) >= 11 is 9.04. The predicted molar refractivity (Wildman–Crippen MR) is 76.0 cm³/mol. The number of carbonyl (C=O) groups excluding carboxylic acids is 1. The van der Waals surface area contributed by atoms with E-state index in [9.17, 15) is 9.18 Å². The van der Waals surface area contributed by atoms with E-state index >= 15 is 0 Å². The Balaban J connectivity index is 2.30. The molecule has 2 rings (SSSR count). The van der Waals surface area contributed by atoms with E-state index in [4.69, 9.17) is 11.6 Å². The summed E-state index contributed by atoms with van der Waals surface area (Å²) < 4.78 is 14.2. The molecule has 2 aromatic rings. The van der Waals surface area contributed by atoms with E-state index in [1.165, 1.54) is 18.3 Å². The molecule has 1 aromatic heterocycles. The number of pyridine rings is 1. The van der Waals surface area contributed by atoms with Crippen molar-refractivity contribution in [2.75, 3.05) is 5.32 Å². The van der Waals surface area contributed by atoms with Gasteiger partial charge in [-0.15, -0.1) is 0 Å². The summed E-state index contributed by atoms with van der Waals surface area (Å²) in [5, 5.41) is 2.54. The summed E-state index contributed by atoms with van der Waals surface area (Å²) in [6.07, 6.45) is 1.48. The first-order chi connectivity index (χ1) is 8.97. The molecule has 0 saturated heterocycles. The highest BCUT2D eigenvalue weighted by Gasteiger charge is 2.14. The molecule has 0 fully saturated rings. The fourth-order valence-electron chi connectivity index (χ4n) is 1.51. The Kier molecular flexibility index (Phi) is 4.17. The van der Waals surface area contributed by atoms with Crippen LogP contribution in [-0.2, 0) is 0 Å². The van der Waals surface area contributed by atoms with Gasteiger partial charge in [0.15, 0.2) is 0 Å². The van der Waals surface area contributed by atoms with Crippen molar-refractivity contribution in [3.8, 4) is 0 Å². The average molecular weight is 344 g/mol. The fourth-order valence-corrected chi connectivity index (χ4v) is 2.03. The zero-order valence-corrected chi connectivity index (χ0v) is 12.2. The van der Waals surface area contributed by atoms with Crippen molar-refractivity contribution in [3.63, 3.8) is 0 Å². The van der Waals surface area contributed by atoms with Crippen LogP contribution in [0.2, 0.25) is 5.15 Å². The second-order valence-corrected chi connectivity index (χ2v) is 5.20. The average Bonchev–Trinajstić information content (AvgIpc) is 2.36. The number of benzene rings is 1. The van der Waals surface area contributed by atoms with Gasteiger partial charge >= 0.3 is 0 Å². The predicted octanol–water partition coefficient (Wildman–Crippen LogP) is 4.20. The molecule has 0 saturated carbocycles. The first-order valence-corrected chi connectivity index (χ1v) is 6.53. The Morgan fingerprint density at radius 2 is 2.16 bits per heavy atom. The molecule has 98 valence electrons. The standard InChI is InChI=1S/C13H9BrClFN2O/c1-7-2-3-10(16)11(4-7)18-13(19)9-5-8(14)6-17-12(9)15/h2-6H,1H3,(H,18,19). The molecule has 19 heavy (non-hydrogen) atoms. The third kappa shape index (κ3) is 3.30. The van der Waals surface area contributed by atoms with Crippen LogP contribution < -0.4 is 5.32 Å². The number of hydrogen-bond donors (Lipinski definition) is 1. The maximum Gasteiger partial charge on any atom is 0.258 e.